The second kappa shape index (κ2) is 13.4. The summed E-state index contributed by atoms with van der Waals surface area (Å²) < 4.78 is 16.1. The van der Waals surface area contributed by atoms with Crippen LogP contribution in [0.25, 0.3) is 0 Å². The summed E-state index contributed by atoms with van der Waals surface area (Å²) in [6.07, 6.45) is 2.60. The average Bonchev–Trinajstić information content (AvgIpc) is 2.68. The van der Waals surface area contributed by atoms with Gasteiger partial charge in [0.1, 0.15) is 17.4 Å². The highest BCUT2D eigenvalue weighted by molar-refractivity contribution is 14.1. The maximum Gasteiger partial charge on any atom is 0.408 e. The highest BCUT2D eigenvalue weighted by Gasteiger charge is 2.25. The van der Waals surface area contributed by atoms with E-state index in [1.165, 1.54) is 7.11 Å². The van der Waals surface area contributed by atoms with Crippen molar-refractivity contribution in [3.05, 3.63) is 27.3 Å². The molecule has 0 spiro atoms. The molecule has 8 nitrogen and oxygen atoms in total. The third kappa shape index (κ3) is 11.2. The molecule has 0 aromatic heterocycles. The lowest BCUT2D eigenvalue weighted by Crippen LogP contribution is -2.49. The fraction of sp³-hybridized carbons (Fsp3) is 0.591. The van der Waals surface area contributed by atoms with Gasteiger partial charge in [-0.2, -0.15) is 0 Å². The minimum Gasteiger partial charge on any atom is -0.481 e. The van der Waals surface area contributed by atoms with E-state index in [0.29, 0.717) is 12.3 Å². The largest absolute Gasteiger partial charge is 0.481 e. The molecule has 0 fully saturated rings. The zero-order valence-corrected chi connectivity index (χ0v) is 21.0. The van der Waals surface area contributed by atoms with Crippen molar-refractivity contribution in [3.63, 3.8) is 0 Å². The Morgan fingerprint density at radius 1 is 1.16 bits per heavy atom. The van der Waals surface area contributed by atoms with Crippen LogP contribution in [0.1, 0.15) is 52.5 Å². The number of nitrogens with one attached hydrogen (secondary N) is 2. The second-order valence-corrected chi connectivity index (χ2v) is 9.19. The van der Waals surface area contributed by atoms with Gasteiger partial charge in [-0.3, -0.25) is 4.79 Å². The van der Waals surface area contributed by atoms with Crippen LogP contribution in [0.15, 0.2) is 18.2 Å². The Hall–Kier alpha value is -2.04. The molecule has 0 saturated heterocycles. The zero-order chi connectivity index (χ0) is 23.4. The Balaban J connectivity index is 2.87. The van der Waals surface area contributed by atoms with E-state index in [2.05, 4.69) is 44.9 Å². The number of hydrogen-bond donors (Lipinski definition) is 2. The molecule has 1 rings (SSSR count). The van der Waals surface area contributed by atoms with Gasteiger partial charge in [-0.15, -0.1) is 0 Å². The van der Waals surface area contributed by atoms with Crippen molar-refractivity contribution in [1.82, 2.24) is 10.6 Å². The predicted octanol–water partition coefficient (Wildman–Crippen LogP) is 3.59. The number of halogens is 1. The van der Waals surface area contributed by atoms with E-state index in [0.717, 1.165) is 28.4 Å². The van der Waals surface area contributed by atoms with Crippen LogP contribution < -0.4 is 15.4 Å². The Morgan fingerprint density at radius 3 is 2.45 bits per heavy atom. The maximum atomic E-state index is 12.7. The Kier molecular flexibility index (Phi) is 11.7. The van der Waals surface area contributed by atoms with Crippen LogP contribution in [0.4, 0.5) is 4.79 Å². The quantitative estimate of drug-likeness (QED) is 0.249. The molecule has 0 saturated carbocycles. The third-order valence-corrected chi connectivity index (χ3v) is 4.94. The van der Waals surface area contributed by atoms with Crippen LogP contribution in [-0.2, 0) is 25.5 Å². The lowest BCUT2D eigenvalue weighted by atomic mass is 10.0. The summed E-state index contributed by atoms with van der Waals surface area (Å²) >= 11 is 2.09. The number of benzene rings is 1. The number of unbranched alkanes of at least 4 members (excludes halogenated alkanes) is 2. The molecule has 0 unspecified atom stereocenters. The molecular formula is C22H33IN2O6. The Labute approximate surface area is 197 Å². The number of methoxy groups -OCH3 is 1. The van der Waals surface area contributed by atoms with Crippen LogP contribution in [0, 0.1) is 3.57 Å². The number of carbonyl (C=O) groups is 3. The van der Waals surface area contributed by atoms with Crippen molar-refractivity contribution >= 4 is 40.6 Å². The van der Waals surface area contributed by atoms with E-state index in [1.54, 1.807) is 32.9 Å². The van der Waals surface area contributed by atoms with E-state index in [-0.39, 0.29) is 18.9 Å². The first-order chi connectivity index (χ1) is 14.6. The number of esters is 1. The summed E-state index contributed by atoms with van der Waals surface area (Å²) in [7, 11) is 1.30. The monoisotopic (exact) mass is 548 g/mol. The van der Waals surface area contributed by atoms with Crippen LogP contribution in [0.2, 0.25) is 0 Å². The minimum atomic E-state index is -0.783. The van der Waals surface area contributed by atoms with Crippen molar-refractivity contribution in [2.75, 3.05) is 20.3 Å². The number of amides is 2. The Bertz CT molecular complexity index is 748. The first kappa shape index (κ1) is 27.0. The van der Waals surface area contributed by atoms with Crippen molar-refractivity contribution in [2.24, 2.45) is 0 Å². The number of rotatable bonds is 11. The highest BCUT2D eigenvalue weighted by atomic mass is 127. The molecule has 0 aliphatic heterocycles. The van der Waals surface area contributed by atoms with Crippen LogP contribution in [0.5, 0.6) is 5.75 Å². The summed E-state index contributed by atoms with van der Waals surface area (Å²) in [6.45, 7) is 7.76. The molecule has 174 valence electrons. The van der Waals surface area contributed by atoms with E-state index in [9.17, 15) is 14.4 Å². The molecule has 2 amide bonds. The summed E-state index contributed by atoms with van der Waals surface area (Å²) in [5, 5.41) is 5.56. The number of carbonyl (C=O) groups excluding carboxylic acids is 3. The highest BCUT2D eigenvalue weighted by Crippen LogP contribution is 2.23. The number of hydrogen-bond acceptors (Lipinski definition) is 6. The van der Waals surface area contributed by atoms with Gasteiger partial charge < -0.3 is 24.8 Å². The van der Waals surface area contributed by atoms with Crippen molar-refractivity contribution in [1.29, 1.82) is 0 Å². The summed E-state index contributed by atoms with van der Waals surface area (Å²) in [5.74, 6) is -0.195. The van der Waals surface area contributed by atoms with E-state index >= 15 is 0 Å². The van der Waals surface area contributed by atoms with Gasteiger partial charge >= 0.3 is 12.1 Å². The summed E-state index contributed by atoms with van der Waals surface area (Å²) in [5.41, 5.74) is 0.167. The van der Waals surface area contributed by atoms with Gasteiger partial charge in [0.25, 0.3) is 0 Å². The average molecular weight is 548 g/mol. The molecule has 0 heterocycles. The molecular weight excluding hydrogens is 515 g/mol. The minimum absolute atomic E-state index is 0.186. The molecule has 31 heavy (non-hydrogen) atoms. The summed E-state index contributed by atoms with van der Waals surface area (Å²) in [6, 6.07) is 4.59. The fourth-order valence-electron chi connectivity index (χ4n) is 2.59. The van der Waals surface area contributed by atoms with E-state index in [4.69, 9.17) is 9.47 Å². The van der Waals surface area contributed by atoms with Gasteiger partial charge in [0.05, 0.1) is 10.7 Å². The van der Waals surface area contributed by atoms with Gasteiger partial charge in [-0.05, 0) is 67.5 Å². The zero-order valence-electron chi connectivity index (χ0n) is 18.9. The summed E-state index contributed by atoms with van der Waals surface area (Å²) in [4.78, 5) is 36.2. The number of alkyl carbamates (subject to hydrolysis) is 1. The van der Waals surface area contributed by atoms with Gasteiger partial charge in [-0.25, -0.2) is 9.59 Å². The van der Waals surface area contributed by atoms with Crippen LogP contribution >= 0.6 is 22.6 Å². The molecule has 0 radical (unpaired) electrons. The first-order valence-electron chi connectivity index (χ1n) is 10.3. The van der Waals surface area contributed by atoms with E-state index in [1.807, 2.05) is 6.07 Å². The topological polar surface area (TPSA) is 103 Å². The second-order valence-electron chi connectivity index (χ2n) is 8.03. The molecule has 9 heteroatoms. The molecule has 0 aliphatic rings. The molecule has 1 aromatic rings. The lowest BCUT2D eigenvalue weighted by molar-refractivity contribution is -0.142. The van der Waals surface area contributed by atoms with E-state index < -0.39 is 23.7 Å². The van der Waals surface area contributed by atoms with Crippen molar-refractivity contribution < 1.29 is 28.6 Å². The fourth-order valence-corrected chi connectivity index (χ4v) is 3.32. The van der Waals surface area contributed by atoms with Crippen LogP contribution in [0.3, 0.4) is 0 Å². The van der Waals surface area contributed by atoms with Gasteiger partial charge in [0.2, 0.25) is 5.91 Å². The normalized spacial score (nSPS) is 11.9. The van der Waals surface area contributed by atoms with Crippen molar-refractivity contribution in [2.45, 2.75) is 65.0 Å². The molecule has 0 aliphatic carbocycles. The van der Waals surface area contributed by atoms with Gasteiger partial charge in [0.15, 0.2) is 6.61 Å². The number of ether oxygens (including phenoxy) is 3. The Morgan fingerprint density at radius 2 is 1.87 bits per heavy atom. The lowest BCUT2D eigenvalue weighted by Gasteiger charge is -2.23. The first-order valence-corrected chi connectivity index (χ1v) is 11.4. The molecule has 1 atom stereocenters. The van der Waals surface area contributed by atoms with Crippen molar-refractivity contribution in [3.8, 4) is 5.75 Å². The predicted molar refractivity (Wildman–Crippen MR) is 126 cm³/mol. The third-order valence-electron chi connectivity index (χ3n) is 4.10. The van der Waals surface area contributed by atoms with Gasteiger partial charge in [0, 0.05) is 13.0 Å². The standard InChI is InChI=1S/C22H33IN2O6/c1-6-7-8-11-24-20(27)17(25-21(28)31-22(2,3)4)13-15-9-10-18(16(23)12-15)30-14-19(26)29-5/h9-10,12,17H,6-8,11,13-14H2,1-5H3,(H,24,27)(H,25,28)/t17-/m0/s1. The molecule has 2 N–H and O–H groups in total. The van der Waals surface area contributed by atoms with Crippen LogP contribution in [-0.4, -0.2) is 49.9 Å². The maximum absolute atomic E-state index is 12.7. The molecule has 1 aromatic carbocycles. The smallest absolute Gasteiger partial charge is 0.408 e. The molecule has 0 bridgehead atoms. The SMILES string of the molecule is CCCCCNC(=O)[C@H](Cc1ccc(OCC(=O)OC)c(I)c1)NC(=O)OC(C)(C)C. The van der Waals surface area contributed by atoms with Gasteiger partial charge in [-0.1, -0.05) is 25.8 Å².